The summed E-state index contributed by atoms with van der Waals surface area (Å²) in [6.07, 6.45) is 0.374. The number of benzene rings is 1. The van der Waals surface area contributed by atoms with Gasteiger partial charge in [-0.2, -0.15) is 0 Å². The van der Waals surface area contributed by atoms with E-state index in [1.165, 1.54) is 5.30 Å². The molecule has 0 aromatic heterocycles. The van der Waals surface area contributed by atoms with Crippen LogP contribution in [0.4, 0.5) is 0 Å². The maximum Gasteiger partial charge on any atom is 0.310 e. The summed E-state index contributed by atoms with van der Waals surface area (Å²) in [5.74, 6) is -0.152. The molecule has 1 aromatic rings. The molecule has 1 aromatic carbocycles. The Morgan fingerprint density at radius 2 is 1.87 bits per heavy atom. The van der Waals surface area contributed by atoms with E-state index in [4.69, 9.17) is 4.74 Å². The van der Waals surface area contributed by atoms with Crippen molar-refractivity contribution < 1.29 is 9.53 Å². The number of hydrogen-bond acceptors (Lipinski definition) is 2. The zero-order valence-corrected chi connectivity index (χ0v) is 10.4. The van der Waals surface area contributed by atoms with Crippen molar-refractivity contribution in [2.45, 2.75) is 13.3 Å². The molecule has 0 saturated carbocycles. The molecule has 0 amide bonds. The van der Waals surface area contributed by atoms with Gasteiger partial charge in [0.15, 0.2) is 0 Å². The quantitative estimate of drug-likeness (QED) is 0.578. The minimum atomic E-state index is -0.152. The van der Waals surface area contributed by atoms with E-state index < -0.39 is 0 Å². The van der Waals surface area contributed by atoms with Crippen molar-refractivity contribution >= 4 is 19.2 Å². The molecule has 3 heteroatoms. The lowest BCUT2D eigenvalue weighted by Gasteiger charge is -2.07. The summed E-state index contributed by atoms with van der Waals surface area (Å²) in [5, 5.41) is 1.36. The third-order valence-corrected chi connectivity index (χ3v) is 3.44. The lowest BCUT2D eigenvalue weighted by atomic mass is 10.1. The fourth-order valence-electron chi connectivity index (χ4n) is 1.29. The van der Waals surface area contributed by atoms with Crippen LogP contribution in [0.5, 0.6) is 0 Å². The molecule has 2 nitrogen and oxygen atoms in total. The van der Waals surface area contributed by atoms with Gasteiger partial charge in [-0.1, -0.05) is 32.2 Å². The minimum absolute atomic E-state index is 0.0512. The van der Waals surface area contributed by atoms with Crippen LogP contribution in [-0.2, 0) is 16.0 Å². The van der Waals surface area contributed by atoms with Crippen LogP contribution < -0.4 is 5.30 Å². The van der Waals surface area contributed by atoms with Gasteiger partial charge in [0.05, 0.1) is 13.0 Å². The van der Waals surface area contributed by atoms with Gasteiger partial charge in [0.25, 0.3) is 0 Å². The molecule has 0 spiro atoms. The van der Waals surface area contributed by atoms with Crippen molar-refractivity contribution in [2.24, 2.45) is 0 Å². The van der Waals surface area contributed by atoms with Gasteiger partial charge in [-0.3, -0.25) is 4.79 Å². The first-order valence-electron chi connectivity index (χ1n) is 5.05. The van der Waals surface area contributed by atoms with Crippen molar-refractivity contribution in [1.29, 1.82) is 0 Å². The molecule has 15 heavy (non-hydrogen) atoms. The lowest BCUT2D eigenvalue weighted by Crippen LogP contribution is -2.08. The van der Waals surface area contributed by atoms with E-state index in [0.29, 0.717) is 13.0 Å². The molecule has 0 aliphatic carbocycles. The monoisotopic (exact) mass is 224 g/mol. The molecule has 0 aliphatic heterocycles. The molecule has 0 N–H and O–H groups in total. The highest BCUT2D eigenvalue weighted by Gasteiger charge is 2.04. The predicted molar refractivity (Wildman–Crippen MR) is 65.2 cm³/mol. The van der Waals surface area contributed by atoms with Crippen LogP contribution in [0, 0.1) is 0 Å². The van der Waals surface area contributed by atoms with E-state index in [-0.39, 0.29) is 13.9 Å². The van der Waals surface area contributed by atoms with Crippen LogP contribution in [0.1, 0.15) is 12.5 Å². The summed E-state index contributed by atoms with van der Waals surface area (Å²) in [6, 6.07) is 8.21. The zero-order valence-electron chi connectivity index (χ0n) is 9.49. The highest BCUT2D eigenvalue weighted by Crippen LogP contribution is 2.23. The number of hydrogen-bond donors (Lipinski definition) is 0. The molecule has 0 heterocycles. The van der Waals surface area contributed by atoms with E-state index in [2.05, 4.69) is 25.5 Å². The average Bonchev–Trinajstić information content (AvgIpc) is 2.18. The van der Waals surface area contributed by atoms with E-state index in [9.17, 15) is 4.79 Å². The molecule has 0 atom stereocenters. The van der Waals surface area contributed by atoms with Gasteiger partial charge in [0.1, 0.15) is 0 Å². The third-order valence-electron chi connectivity index (χ3n) is 2.11. The topological polar surface area (TPSA) is 26.3 Å². The molecule has 0 radical (unpaired) electrons. The molecule has 0 bridgehead atoms. The molecule has 0 saturated heterocycles. The second kappa shape index (κ2) is 5.87. The summed E-state index contributed by atoms with van der Waals surface area (Å²) in [6.45, 7) is 6.71. The van der Waals surface area contributed by atoms with Gasteiger partial charge in [-0.15, -0.1) is 0 Å². The molecule has 0 fully saturated rings. The van der Waals surface area contributed by atoms with Gasteiger partial charge in [0.2, 0.25) is 0 Å². The molecule has 0 aliphatic rings. The first-order chi connectivity index (χ1) is 7.13. The van der Waals surface area contributed by atoms with Gasteiger partial charge < -0.3 is 4.74 Å². The van der Waals surface area contributed by atoms with Crippen LogP contribution in [-0.4, -0.2) is 25.9 Å². The van der Waals surface area contributed by atoms with E-state index in [1.807, 2.05) is 19.1 Å². The Morgan fingerprint density at radius 3 is 2.33 bits per heavy atom. The highest BCUT2D eigenvalue weighted by molar-refractivity contribution is 7.64. The number of carbonyl (C=O) groups excluding carboxylic acids is 1. The first-order valence-corrected chi connectivity index (χ1v) is 7.29. The summed E-state index contributed by atoms with van der Waals surface area (Å²) >= 11 is 0. The maximum atomic E-state index is 11.2. The van der Waals surface area contributed by atoms with Crippen LogP contribution in [0.2, 0.25) is 0 Å². The normalized spacial score (nSPS) is 10.4. The first kappa shape index (κ1) is 12.2. The number of ether oxygens (including phenoxy) is 1. The minimum Gasteiger partial charge on any atom is -0.466 e. The van der Waals surface area contributed by atoms with Crippen molar-refractivity contribution in [2.75, 3.05) is 19.9 Å². The summed E-state index contributed by atoms with van der Waals surface area (Å²) in [5.41, 5.74) is 1.02. The zero-order chi connectivity index (χ0) is 11.3. The predicted octanol–water partition coefficient (Wildman–Crippen LogP) is 2.16. The molecule has 1 rings (SSSR count). The van der Waals surface area contributed by atoms with Crippen molar-refractivity contribution in [3.63, 3.8) is 0 Å². The van der Waals surface area contributed by atoms with Crippen LogP contribution in [0.3, 0.4) is 0 Å². The smallest absolute Gasteiger partial charge is 0.310 e. The van der Waals surface area contributed by atoms with Crippen molar-refractivity contribution in [3.8, 4) is 0 Å². The van der Waals surface area contributed by atoms with Gasteiger partial charge >= 0.3 is 5.97 Å². The average molecular weight is 224 g/mol. The number of carbonyl (C=O) groups is 1. The summed E-state index contributed by atoms with van der Waals surface area (Å²) in [7, 11) is -0.0512. The largest absolute Gasteiger partial charge is 0.466 e. The van der Waals surface area contributed by atoms with Gasteiger partial charge in [-0.25, -0.2) is 0 Å². The Labute approximate surface area is 92.4 Å². The molecular formula is C12H17O2P. The Balaban J connectivity index is 2.60. The fourth-order valence-corrected chi connectivity index (χ4v) is 2.04. The number of esters is 1. The number of rotatable bonds is 4. The van der Waals surface area contributed by atoms with E-state index in [1.54, 1.807) is 0 Å². The standard InChI is InChI=1S/C12H17O2P/c1-4-14-12(13)9-10-5-7-11(8-6-10)15(2)3/h5-8H,4,9H2,1-3H3. The Bertz CT molecular complexity index is 317. The summed E-state index contributed by atoms with van der Waals surface area (Å²) < 4.78 is 4.89. The van der Waals surface area contributed by atoms with Gasteiger partial charge in [0, 0.05) is 0 Å². The van der Waals surface area contributed by atoms with Crippen LogP contribution >= 0.6 is 7.92 Å². The third kappa shape index (κ3) is 4.01. The second-order valence-corrected chi connectivity index (χ2v) is 5.85. The Hall–Kier alpha value is -0.880. The van der Waals surface area contributed by atoms with E-state index >= 15 is 0 Å². The lowest BCUT2D eigenvalue weighted by molar-refractivity contribution is -0.142. The summed E-state index contributed by atoms with van der Waals surface area (Å²) in [4.78, 5) is 11.2. The molecular weight excluding hydrogens is 207 g/mol. The van der Waals surface area contributed by atoms with Crippen LogP contribution in [0.25, 0.3) is 0 Å². The highest BCUT2D eigenvalue weighted by atomic mass is 31.1. The molecule has 0 unspecified atom stereocenters. The van der Waals surface area contributed by atoms with Crippen LogP contribution in [0.15, 0.2) is 24.3 Å². The van der Waals surface area contributed by atoms with Crippen molar-refractivity contribution in [3.05, 3.63) is 29.8 Å². The molecule has 82 valence electrons. The Morgan fingerprint density at radius 1 is 1.27 bits per heavy atom. The SMILES string of the molecule is CCOC(=O)Cc1ccc(P(C)C)cc1. The van der Waals surface area contributed by atoms with Crippen molar-refractivity contribution in [1.82, 2.24) is 0 Å². The fraction of sp³-hybridized carbons (Fsp3) is 0.417. The van der Waals surface area contributed by atoms with Gasteiger partial charge in [-0.05, 0) is 31.1 Å². The maximum absolute atomic E-state index is 11.2. The van der Waals surface area contributed by atoms with E-state index in [0.717, 1.165) is 5.56 Å². The Kier molecular flexibility index (Phi) is 4.77. The second-order valence-electron chi connectivity index (χ2n) is 3.54.